The van der Waals surface area contributed by atoms with Crippen molar-refractivity contribution in [2.75, 3.05) is 34.2 Å². The van der Waals surface area contributed by atoms with Crippen LogP contribution in [0.5, 0.6) is 0 Å². The van der Waals surface area contributed by atoms with Crippen LogP contribution in [0.2, 0.25) is 0 Å². The van der Waals surface area contributed by atoms with Crippen LogP contribution in [-0.4, -0.2) is 56.5 Å². The Balaban J connectivity index is 0.00000625. The van der Waals surface area contributed by atoms with Gasteiger partial charge in [0.25, 0.3) is 0 Å². The van der Waals surface area contributed by atoms with Gasteiger partial charge in [-0.15, -0.1) is 24.0 Å². The molecule has 0 aromatic heterocycles. The standard InChI is InChI=1S/C18H30FN5O.HI/c1-18(2,3)23-16(25)12-22-17(20-4)21-11-15(24(5)6)13-8-7-9-14(19)10-13;/h7-10,15H,11-12H2,1-6H3,(H,23,25)(H2,20,21,22);1H. The van der Waals surface area contributed by atoms with Gasteiger partial charge in [-0.05, 0) is 52.6 Å². The molecule has 0 saturated carbocycles. The van der Waals surface area contributed by atoms with E-state index in [4.69, 9.17) is 0 Å². The van der Waals surface area contributed by atoms with Crippen LogP contribution in [0, 0.1) is 5.82 Å². The van der Waals surface area contributed by atoms with Crippen LogP contribution in [-0.2, 0) is 4.79 Å². The molecule has 6 nitrogen and oxygen atoms in total. The van der Waals surface area contributed by atoms with E-state index in [2.05, 4.69) is 20.9 Å². The zero-order chi connectivity index (χ0) is 19.0. The first kappa shape index (κ1) is 24.6. The number of amides is 1. The topological polar surface area (TPSA) is 68.8 Å². The molecular formula is C18H31FIN5O. The number of hydrogen-bond acceptors (Lipinski definition) is 3. The Hall–Kier alpha value is -1.42. The van der Waals surface area contributed by atoms with E-state index >= 15 is 0 Å². The fourth-order valence-corrected chi connectivity index (χ4v) is 2.35. The highest BCUT2D eigenvalue weighted by Gasteiger charge is 2.16. The number of guanidine groups is 1. The van der Waals surface area contributed by atoms with Crippen molar-refractivity contribution in [3.8, 4) is 0 Å². The molecule has 0 aliphatic rings. The number of aliphatic imine (C=N–C) groups is 1. The molecule has 0 saturated heterocycles. The van der Waals surface area contributed by atoms with Crippen molar-refractivity contribution >= 4 is 35.8 Å². The fourth-order valence-electron chi connectivity index (χ4n) is 2.35. The highest BCUT2D eigenvalue weighted by molar-refractivity contribution is 14.0. The second-order valence-electron chi connectivity index (χ2n) is 7.14. The lowest BCUT2D eigenvalue weighted by Gasteiger charge is -2.26. The molecule has 0 fully saturated rings. The lowest BCUT2D eigenvalue weighted by Crippen LogP contribution is -2.49. The van der Waals surface area contributed by atoms with E-state index in [1.807, 2.05) is 45.8 Å². The van der Waals surface area contributed by atoms with Gasteiger partial charge in [0, 0.05) is 19.1 Å². The lowest BCUT2D eigenvalue weighted by molar-refractivity contribution is -0.121. The summed E-state index contributed by atoms with van der Waals surface area (Å²) in [6.45, 7) is 6.44. The fraction of sp³-hybridized carbons (Fsp3) is 0.556. The molecule has 3 N–H and O–H groups in total. The van der Waals surface area contributed by atoms with Crippen LogP contribution in [0.4, 0.5) is 4.39 Å². The number of carbonyl (C=O) groups excluding carboxylic acids is 1. The van der Waals surface area contributed by atoms with E-state index in [0.29, 0.717) is 12.5 Å². The van der Waals surface area contributed by atoms with Gasteiger partial charge in [0.15, 0.2) is 5.96 Å². The Kier molecular flexibility index (Phi) is 10.7. The Bertz CT molecular complexity index is 601. The van der Waals surface area contributed by atoms with Gasteiger partial charge in [0.2, 0.25) is 5.91 Å². The molecule has 1 amide bonds. The highest BCUT2D eigenvalue weighted by atomic mass is 127. The molecule has 8 heteroatoms. The summed E-state index contributed by atoms with van der Waals surface area (Å²) in [5.41, 5.74) is 0.599. The first-order chi connectivity index (χ1) is 11.6. The van der Waals surface area contributed by atoms with Crippen molar-refractivity contribution in [1.82, 2.24) is 20.9 Å². The Morgan fingerprint density at radius 1 is 1.27 bits per heavy atom. The van der Waals surface area contributed by atoms with Crippen molar-refractivity contribution in [2.45, 2.75) is 32.4 Å². The predicted molar refractivity (Wildman–Crippen MR) is 116 cm³/mol. The molecule has 0 bridgehead atoms. The molecule has 148 valence electrons. The number of hydrogen-bond donors (Lipinski definition) is 3. The summed E-state index contributed by atoms with van der Waals surface area (Å²) in [5, 5.41) is 9.04. The van der Waals surface area contributed by atoms with Crippen molar-refractivity contribution in [1.29, 1.82) is 0 Å². The summed E-state index contributed by atoms with van der Waals surface area (Å²) in [4.78, 5) is 18.0. The van der Waals surface area contributed by atoms with E-state index in [1.54, 1.807) is 13.1 Å². The molecule has 0 heterocycles. The Morgan fingerprint density at radius 3 is 2.42 bits per heavy atom. The smallest absolute Gasteiger partial charge is 0.239 e. The first-order valence-corrected chi connectivity index (χ1v) is 8.30. The van der Waals surface area contributed by atoms with Crippen LogP contribution >= 0.6 is 24.0 Å². The summed E-state index contributed by atoms with van der Waals surface area (Å²) in [6, 6.07) is 6.52. The largest absolute Gasteiger partial charge is 0.354 e. The highest BCUT2D eigenvalue weighted by Crippen LogP contribution is 2.18. The summed E-state index contributed by atoms with van der Waals surface area (Å²) in [6.07, 6.45) is 0. The number of nitrogens with one attached hydrogen (secondary N) is 3. The van der Waals surface area contributed by atoms with Crippen LogP contribution in [0.3, 0.4) is 0 Å². The minimum Gasteiger partial charge on any atom is -0.354 e. The quantitative estimate of drug-likeness (QED) is 0.332. The molecule has 1 atom stereocenters. The van der Waals surface area contributed by atoms with E-state index in [1.165, 1.54) is 12.1 Å². The molecule has 1 rings (SSSR count). The number of likely N-dealkylation sites (N-methyl/N-ethyl adjacent to an activating group) is 1. The van der Waals surface area contributed by atoms with Crippen molar-refractivity contribution in [3.63, 3.8) is 0 Å². The van der Waals surface area contributed by atoms with Crippen molar-refractivity contribution in [2.24, 2.45) is 4.99 Å². The molecule has 26 heavy (non-hydrogen) atoms. The summed E-state index contributed by atoms with van der Waals surface area (Å²) in [5.74, 6) is 0.155. The van der Waals surface area contributed by atoms with Gasteiger partial charge in [-0.25, -0.2) is 4.39 Å². The zero-order valence-corrected chi connectivity index (χ0v) is 18.7. The molecule has 1 aromatic carbocycles. The molecule has 1 unspecified atom stereocenters. The lowest BCUT2D eigenvalue weighted by atomic mass is 10.1. The number of benzene rings is 1. The Morgan fingerprint density at radius 2 is 1.92 bits per heavy atom. The third-order valence-corrected chi connectivity index (χ3v) is 3.47. The summed E-state index contributed by atoms with van der Waals surface area (Å²) < 4.78 is 13.5. The average Bonchev–Trinajstić information content (AvgIpc) is 2.48. The monoisotopic (exact) mass is 479 g/mol. The Labute approximate surface area is 173 Å². The maximum Gasteiger partial charge on any atom is 0.239 e. The number of halogens is 2. The maximum atomic E-state index is 13.5. The molecule has 0 aliphatic carbocycles. The van der Waals surface area contributed by atoms with Gasteiger partial charge in [0.05, 0.1) is 12.6 Å². The number of nitrogens with zero attached hydrogens (tertiary/aromatic N) is 2. The second-order valence-corrected chi connectivity index (χ2v) is 7.14. The van der Waals surface area contributed by atoms with E-state index in [9.17, 15) is 9.18 Å². The third-order valence-electron chi connectivity index (χ3n) is 3.47. The molecular weight excluding hydrogens is 448 g/mol. The first-order valence-electron chi connectivity index (χ1n) is 8.30. The van der Waals surface area contributed by atoms with Crippen LogP contribution < -0.4 is 16.0 Å². The minimum atomic E-state index is -0.275. The van der Waals surface area contributed by atoms with Crippen LogP contribution in [0.1, 0.15) is 32.4 Å². The van der Waals surface area contributed by atoms with Gasteiger partial charge in [-0.3, -0.25) is 9.79 Å². The molecule has 0 spiro atoms. The van der Waals surface area contributed by atoms with Gasteiger partial charge in [-0.1, -0.05) is 12.1 Å². The molecule has 0 radical (unpaired) electrons. The average molecular weight is 479 g/mol. The number of rotatable bonds is 6. The second kappa shape index (κ2) is 11.3. The van der Waals surface area contributed by atoms with Crippen LogP contribution in [0.25, 0.3) is 0 Å². The maximum absolute atomic E-state index is 13.5. The van der Waals surface area contributed by atoms with Crippen molar-refractivity contribution in [3.05, 3.63) is 35.6 Å². The van der Waals surface area contributed by atoms with E-state index in [-0.39, 0.29) is 53.8 Å². The van der Waals surface area contributed by atoms with Gasteiger partial charge >= 0.3 is 0 Å². The molecule has 0 aliphatic heterocycles. The molecule has 1 aromatic rings. The minimum absolute atomic E-state index is 0. The van der Waals surface area contributed by atoms with Gasteiger partial charge < -0.3 is 20.9 Å². The van der Waals surface area contributed by atoms with Crippen molar-refractivity contribution < 1.29 is 9.18 Å². The zero-order valence-electron chi connectivity index (χ0n) is 16.4. The van der Waals surface area contributed by atoms with Gasteiger partial charge in [-0.2, -0.15) is 0 Å². The number of carbonyl (C=O) groups is 1. The third kappa shape index (κ3) is 9.33. The van der Waals surface area contributed by atoms with Gasteiger partial charge in [0.1, 0.15) is 5.82 Å². The predicted octanol–water partition coefficient (Wildman–Crippen LogP) is 2.13. The summed E-state index contributed by atoms with van der Waals surface area (Å²) >= 11 is 0. The van der Waals surface area contributed by atoms with E-state index in [0.717, 1.165) is 5.56 Å². The summed E-state index contributed by atoms with van der Waals surface area (Å²) in [7, 11) is 5.51. The normalized spacial score (nSPS) is 13.0. The van der Waals surface area contributed by atoms with Crippen LogP contribution in [0.15, 0.2) is 29.3 Å². The van der Waals surface area contributed by atoms with E-state index < -0.39 is 0 Å². The SMILES string of the molecule is CN=C(NCC(=O)NC(C)(C)C)NCC(c1cccc(F)c1)N(C)C.I.